The van der Waals surface area contributed by atoms with Crippen LogP contribution in [0.15, 0.2) is 23.4 Å². The van der Waals surface area contributed by atoms with Crippen molar-refractivity contribution in [3.05, 3.63) is 29.3 Å². The van der Waals surface area contributed by atoms with Crippen LogP contribution < -0.4 is 0 Å². The molecule has 0 radical (unpaired) electrons. The maximum Gasteiger partial charge on any atom is 0.233 e. The van der Waals surface area contributed by atoms with Gasteiger partial charge in [-0.15, -0.1) is 5.10 Å². The van der Waals surface area contributed by atoms with Gasteiger partial charge in [0, 0.05) is 12.1 Å². The first kappa shape index (κ1) is 19.4. The molecule has 2 aromatic rings. The average Bonchev–Trinajstić information content (AvgIpc) is 3.23. The number of hydrogen-bond donors (Lipinski definition) is 0. The normalized spacial score (nSPS) is 21.0. The number of carbonyl (C=O) groups is 1. The number of nitrogens with zero attached hydrogens (tertiary/aromatic N) is 5. The van der Waals surface area contributed by atoms with Crippen molar-refractivity contribution in [1.82, 2.24) is 25.1 Å². The van der Waals surface area contributed by atoms with Crippen LogP contribution in [0.4, 0.5) is 0 Å². The molecule has 2 aliphatic rings. The Hall–Kier alpha value is -1.94. The van der Waals surface area contributed by atoms with Crippen LogP contribution in [-0.4, -0.2) is 68.8 Å². The Labute approximate surface area is 168 Å². The highest BCUT2D eigenvalue weighted by molar-refractivity contribution is 7.99. The van der Waals surface area contributed by atoms with Crippen molar-refractivity contribution >= 4 is 27.5 Å². The molecule has 1 amide bonds. The van der Waals surface area contributed by atoms with Gasteiger partial charge >= 0.3 is 0 Å². The fraction of sp³-hybridized carbons (Fsp3) is 0.556. The largest absolute Gasteiger partial charge is 0.335 e. The first-order chi connectivity index (χ1) is 13.3. The lowest BCUT2D eigenvalue weighted by molar-refractivity contribution is -0.130. The standard InChI is InChI=1S/C18H23N5O3S2/c1-12-3-6-16(13(2)9-12)23-18(19-20-21-23)27-10-17(24)22(14-4-5-14)15-7-8-28(25,26)11-15/h3,6,9,14-15H,4-5,7-8,10-11H2,1-2H3/t15-/m0/s1. The van der Waals surface area contributed by atoms with Gasteiger partial charge in [-0.25, -0.2) is 8.42 Å². The van der Waals surface area contributed by atoms with Crippen molar-refractivity contribution in [3.63, 3.8) is 0 Å². The number of thioether (sulfide) groups is 1. The Morgan fingerprint density at radius 1 is 1.25 bits per heavy atom. The van der Waals surface area contributed by atoms with Crippen LogP contribution in [0.5, 0.6) is 0 Å². The third-order valence-corrected chi connectivity index (χ3v) is 7.83. The van der Waals surface area contributed by atoms with Crippen LogP contribution in [0.25, 0.3) is 5.69 Å². The van der Waals surface area contributed by atoms with Crippen molar-refractivity contribution in [1.29, 1.82) is 0 Å². The van der Waals surface area contributed by atoms with E-state index in [9.17, 15) is 13.2 Å². The van der Waals surface area contributed by atoms with Crippen LogP contribution in [-0.2, 0) is 14.6 Å². The van der Waals surface area contributed by atoms with E-state index in [1.54, 1.807) is 4.68 Å². The number of sulfone groups is 1. The molecule has 1 aliphatic heterocycles. The fourth-order valence-corrected chi connectivity index (χ4v) is 6.18. The van der Waals surface area contributed by atoms with E-state index in [2.05, 4.69) is 21.6 Å². The van der Waals surface area contributed by atoms with E-state index >= 15 is 0 Å². The molecule has 0 spiro atoms. The first-order valence-electron chi connectivity index (χ1n) is 9.34. The van der Waals surface area contributed by atoms with Crippen molar-refractivity contribution in [2.75, 3.05) is 17.3 Å². The number of aryl methyl sites for hydroxylation is 2. The minimum atomic E-state index is -3.03. The van der Waals surface area contributed by atoms with E-state index in [-0.39, 0.29) is 35.2 Å². The third kappa shape index (κ3) is 4.07. The zero-order valence-corrected chi connectivity index (χ0v) is 17.5. The molecule has 1 atom stereocenters. The van der Waals surface area contributed by atoms with Crippen molar-refractivity contribution in [2.24, 2.45) is 0 Å². The highest BCUT2D eigenvalue weighted by Crippen LogP contribution is 2.33. The summed E-state index contributed by atoms with van der Waals surface area (Å²) in [5.41, 5.74) is 3.09. The van der Waals surface area contributed by atoms with Crippen molar-refractivity contribution in [2.45, 2.75) is 50.4 Å². The van der Waals surface area contributed by atoms with Gasteiger partial charge in [-0.05, 0) is 55.2 Å². The van der Waals surface area contributed by atoms with E-state index < -0.39 is 9.84 Å². The zero-order chi connectivity index (χ0) is 19.9. The number of aromatic nitrogens is 4. The van der Waals surface area contributed by atoms with Gasteiger partial charge in [-0.2, -0.15) is 4.68 Å². The van der Waals surface area contributed by atoms with Gasteiger partial charge in [-0.1, -0.05) is 29.5 Å². The predicted molar refractivity (Wildman–Crippen MR) is 106 cm³/mol. The molecule has 2 heterocycles. The summed E-state index contributed by atoms with van der Waals surface area (Å²) in [6, 6.07) is 6.01. The first-order valence-corrected chi connectivity index (χ1v) is 12.1. The van der Waals surface area contributed by atoms with Gasteiger partial charge in [0.15, 0.2) is 9.84 Å². The highest BCUT2D eigenvalue weighted by Gasteiger charge is 2.42. The number of rotatable bonds is 6. The maximum atomic E-state index is 12.9. The summed E-state index contributed by atoms with van der Waals surface area (Å²) in [5.74, 6) is 0.412. The van der Waals surface area contributed by atoms with Crippen LogP contribution in [0, 0.1) is 13.8 Å². The minimum absolute atomic E-state index is 0.0372. The second kappa shape index (κ2) is 7.47. The van der Waals surface area contributed by atoms with Gasteiger partial charge in [0.2, 0.25) is 11.1 Å². The molecule has 1 aromatic heterocycles. The van der Waals surface area contributed by atoms with Gasteiger partial charge < -0.3 is 4.90 Å². The van der Waals surface area contributed by atoms with E-state index in [0.29, 0.717) is 11.6 Å². The molecule has 10 heteroatoms. The topological polar surface area (TPSA) is 98.1 Å². The lowest BCUT2D eigenvalue weighted by atomic mass is 10.1. The SMILES string of the molecule is Cc1ccc(-n2nnnc2SCC(=O)N(C2CC2)[C@H]2CCS(=O)(=O)C2)c(C)c1. The van der Waals surface area contributed by atoms with E-state index in [0.717, 1.165) is 29.7 Å². The fourth-order valence-electron chi connectivity index (χ4n) is 3.72. The van der Waals surface area contributed by atoms with E-state index in [4.69, 9.17) is 0 Å². The summed E-state index contributed by atoms with van der Waals surface area (Å²) in [5, 5.41) is 12.5. The lowest BCUT2D eigenvalue weighted by Gasteiger charge is -2.28. The molecular weight excluding hydrogens is 398 g/mol. The molecule has 2 fully saturated rings. The highest BCUT2D eigenvalue weighted by atomic mass is 32.2. The summed E-state index contributed by atoms with van der Waals surface area (Å²) in [6.07, 6.45) is 2.44. The second-order valence-electron chi connectivity index (χ2n) is 7.54. The molecule has 0 unspecified atom stereocenters. The number of hydrogen-bond acceptors (Lipinski definition) is 7. The smallest absolute Gasteiger partial charge is 0.233 e. The third-order valence-electron chi connectivity index (χ3n) is 5.18. The van der Waals surface area contributed by atoms with Gasteiger partial charge in [-0.3, -0.25) is 4.79 Å². The number of tetrazole rings is 1. The average molecular weight is 422 g/mol. The van der Waals surface area contributed by atoms with Crippen molar-refractivity contribution in [3.8, 4) is 5.69 Å². The molecular formula is C18H23N5O3S2. The number of benzene rings is 1. The molecule has 150 valence electrons. The number of amides is 1. The van der Waals surface area contributed by atoms with Crippen LogP contribution in [0.3, 0.4) is 0 Å². The number of carbonyl (C=O) groups excluding carboxylic acids is 1. The summed E-state index contributed by atoms with van der Waals surface area (Å²) < 4.78 is 25.3. The molecule has 1 saturated carbocycles. The molecule has 1 aliphatic carbocycles. The van der Waals surface area contributed by atoms with Gasteiger partial charge in [0.1, 0.15) is 0 Å². The van der Waals surface area contributed by atoms with Crippen LogP contribution >= 0.6 is 11.8 Å². The molecule has 0 bridgehead atoms. The lowest BCUT2D eigenvalue weighted by Crippen LogP contribution is -2.43. The summed E-state index contributed by atoms with van der Waals surface area (Å²) in [6.45, 7) is 4.03. The maximum absolute atomic E-state index is 12.9. The Bertz CT molecular complexity index is 1000. The molecule has 8 nitrogen and oxygen atoms in total. The molecule has 28 heavy (non-hydrogen) atoms. The van der Waals surface area contributed by atoms with Crippen LogP contribution in [0.1, 0.15) is 30.4 Å². The quantitative estimate of drug-likeness (QED) is 0.653. The minimum Gasteiger partial charge on any atom is -0.335 e. The predicted octanol–water partition coefficient (Wildman–Crippen LogP) is 1.55. The Morgan fingerprint density at radius 2 is 2.04 bits per heavy atom. The summed E-state index contributed by atoms with van der Waals surface area (Å²) in [7, 11) is -3.03. The van der Waals surface area contributed by atoms with E-state index in [1.165, 1.54) is 11.8 Å². The van der Waals surface area contributed by atoms with Gasteiger partial charge in [0.05, 0.1) is 22.9 Å². The van der Waals surface area contributed by atoms with Gasteiger partial charge in [0.25, 0.3) is 0 Å². The zero-order valence-electron chi connectivity index (χ0n) is 15.9. The van der Waals surface area contributed by atoms with Crippen LogP contribution in [0.2, 0.25) is 0 Å². The summed E-state index contributed by atoms with van der Waals surface area (Å²) >= 11 is 1.29. The van der Waals surface area contributed by atoms with E-state index in [1.807, 2.05) is 30.9 Å². The Balaban J connectivity index is 1.47. The monoisotopic (exact) mass is 421 g/mol. The summed E-state index contributed by atoms with van der Waals surface area (Å²) in [4.78, 5) is 14.7. The second-order valence-corrected chi connectivity index (χ2v) is 10.7. The molecule has 4 rings (SSSR count). The molecule has 0 N–H and O–H groups in total. The van der Waals surface area contributed by atoms with Crippen molar-refractivity contribution < 1.29 is 13.2 Å². The Morgan fingerprint density at radius 3 is 2.68 bits per heavy atom. The molecule has 1 aromatic carbocycles. The Kier molecular flexibility index (Phi) is 5.17. The molecule has 1 saturated heterocycles.